The molecule has 6 heteroatoms. The first-order valence-electron chi connectivity index (χ1n) is 9.26. The molecule has 0 saturated carbocycles. The Morgan fingerprint density at radius 2 is 1.89 bits per heavy atom. The minimum absolute atomic E-state index is 0.00781. The van der Waals surface area contributed by atoms with Crippen molar-refractivity contribution < 1.29 is 9.53 Å². The van der Waals surface area contributed by atoms with E-state index in [2.05, 4.69) is 11.9 Å². The number of methoxy groups -OCH3 is 1. The van der Waals surface area contributed by atoms with Gasteiger partial charge < -0.3 is 14.2 Å². The van der Waals surface area contributed by atoms with Gasteiger partial charge in [-0.3, -0.25) is 14.5 Å². The van der Waals surface area contributed by atoms with E-state index in [1.165, 1.54) is 0 Å². The van der Waals surface area contributed by atoms with Gasteiger partial charge >= 0.3 is 0 Å². The van der Waals surface area contributed by atoms with Crippen LogP contribution in [0.5, 0.6) is 5.75 Å². The molecule has 2 fully saturated rings. The molecule has 6 nitrogen and oxygen atoms in total. The summed E-state index contributed by atoms with van der Waals surface area (Å²) in [5.74, 6) is 0.607. The average molecular weight is 367 g/mol. The van der Waals surface area contributed by atoms with Crippen molar-refractivity contribution in [1.29, 1.82) is 0 Å². The summed E-state index contributed by atoms with van der Waals surface area (Å²) in [5, 5.41) is 0. The molecule has 27 heavy (non-hydrogen) atoms. The van der Waals surface area contributed by atoms with E-state index < -0.39 is 0 Å². The van der Waals surface area contributed by atoms with Gasteiger partial charge in [0, 0.05) is 44.0 Å². The summed E-state index contributed by atoms with van der Waals surface area (Å²) >= 11 is 0. The first-order valence-corrected chi connectivity index (χ1v) is 9.26. The van der Waals surface area contributed by atoms with E-state index in [1.807, 2.05) is 29.2 Å². The summed E-state index contributed by atoms with van der Waals surface area (Å²) in [6, 6.07) is 8.28. The molecular formula is C21H25N3O3. The number of likely N-dealkylation sites (N-methyl/N-ethyl adjacent to an activating group) is 1. The summed E-state index contributed by atoms with van der Waals surface area (Å²) in [4.78, 5) is 29.4. The molecule has 1 unspecified atom stereocenters. The maximum atomic E-state index is 13.1. The topological polar surface area (TPSA) is 54.8 Å². The Kier molecular flexibility index (Phi) is 4.30. The zero-order chi connectivity index (χ0) is 19.3. The van der Waals surface area contributed by atoms with Crippen molar-refractivity contribution in [2.45, 2.75) is 25.4 Å². The lowest BCUT2D eigenvalue weighted by Gasteiger charge is -2.32. The number of likely N-dealkylation sites (tertiary alicyclic amines) is 2. The van der Waals surface area contributed by atoms with Crippen LogP contribution in [0.15, 0.2) is 35.3 Å². The summed E-state index contributed by atoms with van der Waals surface area (Å²) in [6.07, 6.45) is 2.86. The minimum Gasteiger partial charge on any atom is -0.496 e. The van der Waals surface area contributed by atoms with E-state index in [-0.39, 0.29) is 11.5 Å². The molecule has 1 aromatic carbocycles. The van der Waals surface area contributed by atoms with E-state index in [0.29, 0.717) is 29.0 Å². The van der Waals surface area contributed by atoms with Gasteiger partial charge in [0.25, 0.3) is 11.5 Å². The molecule has 2 atom stereocenters. The van der Waals surface area contributed by atoms with E-state index in [9.17, 15) is 9.59 Å². The third kappa shape index (κ3) is 2.94. The number of aryl methyl sites for hydroxylation is 2. The van der Waals surface area contributed by atoms with Gasteiger partial charge in [0.05, 0.1) is 12.7 Å². The maximum absolute atomic E-state index is 13.1. The van der Waals surface area contributed by atoms with Crippen molar-refractivity contribution in [3.05, 3.63) is 51.9 Å². The fourth-order valence-electron chi connectivity index (χ4n) is 4.35. The van der Waals surface area contributed by atoms with Gasteiger partial charge in [-0.15, -0.1) is 0 Å². The number of benzene rings is 1. The van der Waals surface area contributed by atoms with Crippen LogP contribution in [0.2, 0.25) is 0 Å². The van der Waals surface area contributed by atoms with Crippen LogP contribution < -0.4 is 10.3 Å². The lowest BCUT2D eigenvalue weighted by Crippen LogP contribution is -2.47. The van der Waals surface area contributed by atoms with Crippen molar-refractivity contribution in [1.82, 2.24) is 14.4 Å². The van der Waals surface area contributed by atoms with Crippen molar-refractivity contribution in [2.75, 3.05) is 27.2 Å². The molecule has 0 N–H and O–H groups in total. The van der Waals surface area contributed by atoms with Crippen molar-refractivity contribution in [3.8, 4) is 16.9 Å². The molecule has 1 amide bonds. The van der Waals surface area contributed by atoms with Gasteiger partial charge in [0.15, 0.2) is 0 Å². The largest absolute Gasteiger partial charge is 0.496 e. The number of pyridine rings is 1. The smallest absolute Gasteiger partial charge is 0.257 e. The van der Waals surface area contributed by atoms with E-state index >= 15 is 0 Å². The second kappa shape index (κ2) is 6.53. The van der Waals surface area contributed by atoms with Crippen LogP contribution in [0.3, 0.4) is 0 Å². The maximum Gasteiger partial charge on any atom is 0.257 e. The number of amides is 1. The predicted molar refractivity (Wildman–Crippen MR) is 104 cm³/mol. The van der Waals surface area contributed by atoms with E-state index in [0.717, 1.165) is 30.6 Å². The highest BCUT2D eigenvalue weighted by Gasteiger charge is 2.44. The summed E-state index contributed by atoms with van der Waals surface area (Å²) in [6.45, 7) is 3.53. The molecule has 2 aromatic rings. The van der Waals surface area contributed by atoms with Crippen LogP contribution in [0.25, 0.3) is 11.1 Å². The van der Waals surface area contributed by atoms with Gasteiger partial charge in [-0.25, -0.2) is 0 Å². The summed E-state index contributed by atoms with van der Waals surface area (Å²) < 4.78 is 7.12. The molecule has 142 valence electrons. The Morgan fingerprint density at radius 3 is 2.48 bits per heavy atom. The lowest BCUT2D eigenvalue weighted by atomic mass is 10.0. The molecule has 2 bridgehead atoms. The number of hydrogen-bond acceptors (Lipinski definition) is 4. The van der Waals surface area contributed by atoms with Crippen molar-refractivity contribution in [2.24, 2.45) is 7.05 Å². The van der Waals surface area contributed by atoms with Gasteiger partial charge in [0.2, 0.25) is 0 Å². The number of ether oxygens (including phenoxy) is 1. The molecule has 0 aliphatic carbocycles. The Hall–Kier alpha value is -2.60. The molecule has 1 aromatic heterocycles. The van der Waals surface area contributed by atoms with E-state index in [1.54, 1.807) is 31.8 Å². The molecule has 0 spiro atoms. The third-order valence-corrected chi connectivity index (χ3v) is 5.90. The number of fused-ring (bicyclic) bond motifs is 2. The number of carbonyl (C=O) groups is 1. The quantitative estimate of drug-likeness (QED) is 0.832. The molecule has 3 heterocycles. The number of hydrogen-bond donors (Lipinski definition) is 0. The molecular weight excluding hydrogens is 342 g/mol. The van der Waals surface area contributed by atoms with Crippen LogP contribution in [0.1, 0.15) is 22.3 Å². The monoisotopic (exact) mass is 367 g/mol. The minimum atomic E-state index is -0.00781. The van der Waals surface area contributed by atoms with Crippen LogP contribution in [0, 0.1) is 6.92 Å². The standard InChI is InChI=1S/C21H25N3O3/c1-13-7-15(10-23(3)20(13)25)14-5-6-18(19(8-14)27-4)21(26)24-12-16-9-17(24)11-22(16)2/h5-8,10,16-17H,9,11-12H2,1-4H3/t16-,17?/m0/s1. The predicted octanol–water partition coefficient (Wildman–Crippen LogP) is 1.90. The first-order chi connectivity index (χ1) is 12.9. The highest BCUT2D eigenvalue weighted by molar-refractivity contribution is 5.98. The Labute approximate surface area is 159 Å². The summed E-state index contributed by atoms with van der Waals surface area (Å²) in [5.41, 5.74) is 3.12. The zero-order valence-electron chi connectivity index (χ0n) is 16.2. The second-order valence-corrected chi connectivity index (χ2v) is 7.68. The van der Waals surface area contributed by atoms with Crippen LogP contribution in [-0.2, 0) is 7.05 Å². The SMILES string of the molecule is COc1cc(-c2cc(C)c(=O)n(C)c2)ccc1C(=O)N1C[C@@H]2CC1CN2C. The molecule has 2 aliphatic heterocycles. The number of nitrogens with zero attached hydrogens (tertiary/aromatic N) is 3. The van der Waals surface area contributed by atoms with Gasteiger partial charge in [-0.1, -0.05) is 6.07 Å². The van der Waals surface area contributed by atoms with Crippen molar-refractivity contribution >= 4 is 5.91 Å². The highest BCUT2D eigenvalue weighted by atomic mass is 16.5. The molecule has 2 aliphatic rings. The molecule has 4 rings (SSSR count). The molecule has 2 saturated heterocycles. The number of aromatic nitrogens is 1. The highest BCUT2D eigenvalue weighted by Crippen LogP contribution is 2.33. The normalized spacial score (nSPS) is 21.7. The zero-order valence-corrected chi connectivity index (χ0v) is 16.2. The van der Waals surface area contributed by atoms with Gasteiger partial charge in [0.1, 0.15) is 5.75 Å². The van der Waals surface area contributed by atoms with Crippen LogP contribution in [-0.4, -0.2) is 59.6 Å². The first kappa shape index (κ1) is 17.8. The van der Waals surface area contributed by atoms with Gasteiger partial charge in [-0.05, 0) is 49.7 Å². The average Bonchev–Trinajstić information content (AvgIpc) is 3.24. The number of rotatable bonds is 3. The Bertz CT molecular complexity index is 937. The second-order valence-electron chi connectivity index (χ2n) is 7.68. The lowest BCUT2D eigenvalue weighted by molar-refractivity contribution is 0.0647. The van der Waals surface area contributed by atoms with E-state index in [4.69, 9.17) is 4.74 Å². The van der Waals surface area contributed by atoms with Crippen LogP contribution >= 0.6 is 0 Å². The third-order valence-electron chi connectivity index (χ3n) is 5.90. The number of carbonyl (C=O) groups excluding carboxylic acids is 1. The van der Waals surface area contributed by atoms with Gasteiger partial charge in [-0.2, -0.15) is 0 Å². The summed E-state index contributed by atoms with van der Waals surface area (Å²) in [7, 11) is 5.45. The van der Waals surface area contributed by atoms with Crippen LogP contribution in [0.4, 0.5) is 0 Å². The Morgan fingerprint density at radius 1 is 1.11 bits per heavy atom. The van der Waals surface area contributed by atoms with Crippen molar-refractivity contribution in [3.63, 3.8) is 0 Å². The fraction of sp³-hybridized carbons (Fsp3) is 0.429. The molecule has 0 radical (unpaired) electrons. The Balaban J connectivity index is 1.66. The number of piperazine rings is 1. The fourth-order valence-corrected chi connectivity index (χ4v) is 4.35.